The molecular formula is C15H9F3O6. The summed E-state index contributed by atoms with van der Waals surface area (Å²) >= 11 is 0. The number of carboxylic acids is 2. The van der Waals surface area contributed by atoms with Crippen LogP contribution in [-0.2, 0) is 0 Å². The van der Waals surface area contributed by atoms with Crippen molar-refractivity contribution in [3.8, 4) is 22.6 Å². The predicted octanol–water partition coefficient (Wildman–Crippen LogP) is 3.35. The number of benzene rings is 2. The number of ether oxygens (including phenoxy) is 1. The van der Waals surface area contributed by atoms with E-state index in [1.807, 2.05) is 0 Å². The Morgan fingerprint density at radius 1 is 0.833 bits per heavy atom. The molecule has 126 valence electrons. The fourth-order valence-corrected chi connectivity index (χ4v) is 1.98. The van der Waals surface area contributed by atoms with E-state index in [2.05, 4.69) is 4.74 Å². The molecule has 0 aliphatic carbocycles. The Kier molecular flexibility index (Phi) is 4.36. The van der Waals surface area contributed by atoms with Crippen LogP contribution in [0.15, 0.2) is 36.4 Å². The highest BCUT2D eigenvalue weighted by atomic mass is 19.4. The summed E-state index contributed by atoms with van der Waals surface area (Å²) in [6.07, 6.45) is -4.99. The van der Waals surface area contributed by atoms with Gasteiger partial charge in [0.15, 0.2) is 0 Å². The Morgan fingerprint density at radius 3 is 1.79 bits per heavy atom. The molecule has 9 heteroatoms. The number of alkyl halides is 3. The van der Waals surface area contributed by atoms with E-state index in [0.717, 1.165) is 36.4 Å². The molecule has 0 aliphatic rings. The lowest BCUT2D eigenvalue weighted by Crippen LogP contribution is -2.17. The molecule has 0 saturated heterocycles. The summed E-state index contributed by atoms with van der Waals surface area (Å²) in [5.41, 5.74) is -0.784. The summed E-state index contributed by atoms with van der Waals surface area (Å²) < 4.78 is 40.6. The molecule has 2 aromatic rings. The van der Waals surface area contributed by atoms with Crippen molar-refractivity contribution in [1.29, 1.82) is 0 Å². The molecule has 0 aromatic heterocycles. The molecule has 0 amide bonds. The summed E-state index contributed by atoms with van der Waals surface area (Å²) in [4.78, 5) is 22.1. The Morgan fingerprint density at radius 2 is 1.33 bits per heavy atom. The number of aromatic hydroxyl groups is 1. The Labute approximate surface area is 132 Å². The number of halogens is 3. The van der Waals surface area contributed by atoms with Crippen molar-refractivity contribution in [2.45, 2.75) is 6.36 Å². The van der Waals surface area contributed by atoms with Crippen LogP contribution in [0.1, 0.15) is 20.7 Å². The highest BCUT2D eigenvalue weighted by Crippen LogP contribution is 2.33. The molecule has 0 aliphatic heterocycles. The Bertz CT molecular complexity index is 781. The maximum Gasteiger partial charge on any atom is 0.573 e. The highest BCUT2D eigenvalue weighted by Gasteiger charge is 2.31. The van der Waals surface area contributed by atoms with E-state index in [1.165, 1.54) is 0 Å². The first kappa shape index (κ1) is 17.1. The molecule has 24 heavy (non-hydrogen) atoms. The summed E-state index contributed by atoms with van der Waals surface area (Å²) in [6.45, 7) is 0. The SMILES string of the molecule is O=C(O)c1cc(C(=O)O)cc(-c2cc(O)cc(OC(F)(F)F)c2)c1. The van der Waals surface area contributed by atoms with Crippen LogP contribution < -0.4 is 4.74 Å². The van der Waals surface area contributed by atoms with E-state index >= 15 is 0 Å². The molecule has 2 aromatic carbocycles. The van der Waals surface area contributed by atoms with Crippen LogP contribution >= 0.6 is 0 Å². The van der Waals surface area contributed by atoms with Gasteiger partial charge in [-0.2, -0.15) is 0 Å². The van der Waals surface area contributed by atoms with Gasteiger partial charge in [0.25, 0.3) is 0 Å². The van der Waals surface area contributed by atoms with Gasteiger partial charge in [0.2, 0.25) is 0 Å². The first-order chi connectivity index (χ1) is 11.0. The molecule has 0 bridgehead atoms. The van der Waals surface area contributed by atoms with Gasteiger partial charge in [-0.1, -0.05) is 0 Å². The lowest BCUT2D eigenvalue weighted by molar-refractivity contribution is -0.274. The molecule has 0 atom stereocenters. The second-order valence-corrected chi connectivity index (χ2v) is 4.67. The fourth-order valence-electron chi connectivity index (χ4n) is 1.98. The van der Waals surface area contributed by atoms with Gasteiger partial charge in [-0.25, -0.2) is 9.59 Å². The zero-order chi connectivity index (χ0) is 18.1. The monoisotopic (exact) mass is 342 g/mol. The molecule has 0 fully saturated rings. The van der Waals surface area contributed by atoms with Crippen molar-refractivity contribution in [3.05, 3.63) is 47.5 Å². The van der Waals surface area contributed by atoms with Gasteiger partial charge in [0, 0.05) is 6.07 Å². The third-order valence-electron chi connectivity index (χ3n) is 2.89. The Hall–Kier alpha value is -3.23. The summed E-state index contributed by atoms with van der Waals surface area (Å²) in [5.74, 6) is -4.11. The maximum absolute atomic E-state index is 12.3. The third kappa shape index (κ3) is 4.15. The number of carbonyl (C=O) groups is 2. The number of phenolic OH excluding ortho intramolecular Hbond substituents is 1. The third-order valence-corrected chi connectivity index (χ3v) is 2.89. The largest absolute Gasteiger partial charge is 0.573 e. The van der Waals surface area contributed by atoms with Gasteiger partial charge < -0.3 is 20.1 Å². The van der Waals surface area contributed by atoms with E-state index in [9.17, 15) is 27.9 Å². The van der Waals surface area contributed by atoms with E-state index in [0.29, 0.717) is 0 Å². The Balaban J connectivity index is 2.58. The van der Waals surface area contributed by atoms with Crippen LogP contribution in [0.5, 0.6) is 11.5 Å². The van der Waals surface area contributed by atoms with Crippen LogP contribution in [0, 0.1) is 0 Å². The van der Waals surface area contributed by atoms with Crippen LogP contribution in [0.4, 0.5) is 13.2 Å². The van der Waals surface area contributed by atoms with Crippen LogP contribution in [-0.4, -0.2) is 33.6 Å². The minimum atomic E-state index is -4.99. The van der Waals surface area contributed by atoms with E-state index in [-0.39, 0.29) is 22.3 Å². The summed E-state index contributed by atoms with van der Waals surface area (Å²) in [7, 11) is 0. The topological polar surface area (TPSA) is 104 Å². The average Bonchev–Trinajstić information content (AvgIpc) is 2.44. The quantitative estimate of drug-likeness (QED) is 0.787. The van der Waals surface area contributed by atoms with E-state index in [4.69, 9.17) is 10.2 Å². The number of carboxylic acid groups (broad SMARTS) is 2. The molecule has 0 heterocycles. The maximum atomic E-state index is 12.3. The van der Waals surface area contributed by atoms with Crippen LogP contribution in [0.25, 0.3) is 11.1 Å². The van der Waals surface area contributed by atoms with Gasteiger partial charge in [-0.15, -0.1) is 13.2 Å². The second kappa shape index (κ2) is 6.11. The number of rotatable bonds is 4. The summed E-state index contributed by atoms with van der Waals surface area (Å²) in [5, 5.41) is 27.5. The van der Waals surface area contributed by atoms with Crippen molar-refractivity contribution >= 4 is 11.9 Å². The van der Waals surface area contributed by atoms with Gasteiger partial charge in [0.05, 0.1) is 11.1 Å². The first-order valence-electron chi connectivity index (χ1n) is 6.27. The van der Waals surface area contributed by atoms with Gasteiger partial charge >= 0.3 is 18.3 Å². The van der Waals surface area contributed by atoms with Crippen molar-refractivity contribution in [3.63, 3.8) is 0 Å². The van der Waals surface area contributed by atoms with Crippen molar-refractivity contribution in [1.82, 2.24) is 0 Å². The zero-order valence-electron chi connectivity index (χ0n) is 11.7. The molecule has 0 spiro atoms. The van der Waals surface area contributed by atoms with Crippen LogP contribution in [0.2, 0.25) is 0 Å². The normalized spacial score (nSPS) is 11.1. The minimum absolute atomic E-state index is 0.00442. The molecule has 3 N–H and O–H groups in total. The van der Waals surface area contributed by atoms with Crippen LogP contribution in [0.3, 0.4) is 0 Å². The molecule has 2 rings (SSSR count). The fraction of sp³-hybridized carbons (Fsp3) is 0.0667. The van der Waals surface area contributed by atoms with Gasteiger partial charge in [-0.3, -0.25) is 0 Å². The second-order valence-electron chi connectivity index (χ2n) is 4.67. The van der Waals surface area contributed by atoms with Crippen molar-refractivity contribution in [2.75, 3.05) is 0 Å². The highest BCUT2D eigenvalue weighted by molar-refractivity contribution is 5.96. The van der Waals surface area contributed by atoms with E-state index < -0.39 is 29.8 Å². The zero-order valence-corrected chi connectivity index (χ0v) is 11.7. The average molecular weight is 342 g/mol. The number of aromatic carboxylic acids is 2. The number of phenols is 1. The number of hydrogen-bond acceptors (Lipinski definition) is 4. The summed E-state index contributed by atoms with van der Waals surface area (Å²) in [6, 6.07) is 5.72. The van der Waals surface area contributed by atoms with E-state index in [1.54, 1.807) is 0 Å². The first-order valence-corrected chi connectivity index (χ1v) is 6.27. The lowest BCUT2D eigenvalue weighted by Gasteiger charge is -2.12. The molecule has 6 nitrogen and oxygen atoms in total. The lowest BCUT2D eigenvalue weighted by atomic mass is 9.99. The van der Waals surface area contributed by atoms with Crippen molar-refractivity contribution in [2.24, 2.45) is 0 Å². The molecule has 0 saturated carbocycles. The predicted molar refractivity (Wildman–Crippen MR) is 74.1 cm³/mol. The smallest absolute Gasteiger partial charge is 0.508 e. The molecular weight excluding hydrogens is 333 g/mol. The minimum Gasteiger partial charge on any atom is -0.508 e. The molecule has 0 unspecified atom stereocenters. The molecule has 0 radical (unpaired) electrons. The van der Waals surface area contributed by atoms with Gasteiger partial charge in [-0.05, 0) is 41.5 Å². The standard InChI is InChI=1S/C15H9F3O6/c16-15(17,18)24-12-5-8(4-11(19)6-12)7-1-9(13(20)21)3-10(2-7)14(22)23/h1-6,19H,(H,20,21)(H,22,23). The number of hydrogen-bond donors (Lipinski definition) is 3. The van der Waals surface area contributed by atoms with Crippen molar-refractivity contribution < 1.29 is 42.8 Å². The van der Waals surface area contributed by atoms with Gasteiger partial charge in [0.1, 0.15) is 11.5 Å².